The van der Waals surface area contributed by atoms with Gasteiger partial charge in [-0.05, 0) is 19.2 Å². The summed E-state index contributed by atoms with van der Waals surface area (Å²) in [6, 6.07) is 9.39. The number of rotatable bonds is 5. The maximum Gasteiger partial charge on any atom is 0.354 e. The summed E-state index contributed by atoms with van der Waals surface area (Å²) in [6.07, 6.45) is 2.99. The second-order valence-electron chi connectivity index (χ2n) is 6.58. The molecule has 1 saturated heterocycles. The molecule has 0 spiro atoms. The Labute approximate surface area is 161 Å². The molecule has 2 aromatic heterocycles. The van der Waals surface area contributed by atoms with E-state index in [9.17, 15) is 10.1 Å². The van der Waals surface area contributed by atoms with Crippen molar-refractivity contribution in [3.05, 3.63) is 53.0 Å². The molecule has 1 fully saturated rings. The maximum atomic E-state index is 11.8. The number of aromatic nitrogens is 3. The van der Waals surface area contributed by atoms with Gasteiger partial charge in [0.25, 0.3) is 0 Å². The van der Waals surface area contributed by atoms with E-state index in [1.54, 1.807) is 6.20 Å². The minimum atomic E-state index is -0.473. The predicted molar refractivity (Wildman–Crippen MR) is 106 cm³/mol. The number of pyridine rings is 1. The van der Waals surface area contributed by atoms with Crippen molar-refractivity contribution in [2.45, 2.75) is 0 Å². The number of nitrogens with one attached hydrogen (secondary N) is 2. The van der Waals surface area contributed by atoms with Crippen LogP contribution in [0.15, 0.2) is 42.9 Å². The average molecular weight is 380 g/mol. The average Bonchev–Trinajstić information content (AvgIpc) is 2.70. The summed E-state index contributed by atoms with van der Waals surface area (Å²) < 4.78 is 0. The zero-order valence-corrected chi connectivity index (χ0v) is 15.4. The number of hydrogen-bond donors (Lipinski definition) is 2. The Morgan fingerprint density at radius 2 is 1.79 bits per heavy atom. The highest BCUT2D eigenvalue weighted by Crippen LogP contribution is 2.33. The molecular weight excluding hydrogens is 360 g/mol. The molecule has 0 atom stereocenters. The molecule has 0 unspecified atom stereocenters. The van der Waals surface area contributed by atoms with Gasteiger partial charge in [0.2, 0.25) is 11.6 Å². The molecular formula is C18H20N8O2. The van der Waals surface area contributed by atoms with E-state index < -0.39 is 4.92 Å². The molecule has 144 valence electrons. The Hall–Kier alpha value is -3.37. The Morgan fingerprint density at radius 1 is 1.04 bits per heavy atom. The number of anilines is 3. The molecule has 0 aliphatic carbocycles. The van der Waals surface area contributed by atoms with Crippen molar-refractivity contribution in [1.82, 2.24) is 24.9 Å². The van der Waals surface area contributed by atoms with Crippen LogP contribution < -0.4 is 10.7 Å². The second kappa shape index (κ2) is 7.71. The van der Waals surface area contributed by atoms with Gasteiger partial charge < -0.3 is 10.2 Å². The van der Waals surface area contributed by atoms with E-state index in [1.165, 1.54) is 6.33 Å². The maximum absolute atomic E-state index is 11.8. The van der Waals surface area contributed by atoms with Crippen LogP contribution in [0.4, 0.5) is 23.0 Å². The fourth-order valence-corrected chi connectivity index (χ4v) is 3.13. The monoisotopic (exact) mass is 380 g/mol. The molecule has 1 aromatic carbocycles. The van der Waals surface area contributed by atoms with E-state index in [0.717, 1.165) is 31.6 Å². The van der Waals surface area contributed by atoms with Crippen LogP contribution in [0.3, 0.4) is 0 Å². The van der Waals surface area contributed by atoms with E-state index in [4.69, 9.17) is 0 Å². The molecule has 4 rings (SSSR count). The van der Waals surface area contributed by atoms with E-state index in [1.807, 2.05) is 42.4 Å². The number of hydrogen-bond acceptors (Lipinski definition) is 9. The molecule has 0 bridgehead atoms. The van der Waals surface area contributed by atoms with Gasteiger partial charge in [0.1, 0.15) is 6.33 Å². The number of benzene rings is 1. The Bertz CT molecular complexity index is 999. The first-order valence-corrected chi connectivity index (χ1v) is 8.92. The van der Waals surface area contributed by atoms with Crippen LogP contribution in [0, 0.1) is 10.1 Å². The summed E-state index contributed by atoms with van der Waals surface area (Å²) in [5, 5.41) is 17.7. The molecule has 2 N–H and O–H groups in total. The second-order valence-corrected chi connectivity index (χ2v) is 6.58. The lowest BCUT2D eigenvalue weighted by atomic mass is 10.2. The van der Waals surface area contributed by atoms with Crippen LogP contribution in [0.1, 0.15) is 0 Å². The lowest BCUT2D eigenvalue weighted by molar-refractivity contribution is -0.383. The Kier molecular flexibility index (Phi) is 4.96. The van der Waals surface area contributed by atoms with Gasteiger partial charge in [-0.1, -0.05) is 18.2 Å². The first kappa shape index (κ1) is 18.0. The highest BCUT2D eigenvalue weighted by Gasteiger charge is 2.26. The van der Waals surface area contributed by atoms with Crippen LogP contribution in [0.2, 0.25) is 0 Å². The first-order valence-electron chi connectivity index (χ1n) is 8.92. The quantitative estimate of drug-likeness (QED) is 0.508. The highest BCUT2D eigenvalue weighted by atomic mass is 16.6. The standard InChI is InChI=1S/C18H20N8O2/c1-24-8-10-25(11-9-24)23-18-16(26(27)28)17(20-12-21-18)22-14-6-2-4-13-5-3-7-19-15(13)14/h2-7,12H,8-11H2,1H3,(H2,20,21,22,23). The van der Waals surface area contributed by atoms with Crippen molar-refractivity contribution in [2.75, 3.05) is 44.0 Å². The van der Waals surface area contributed by atoms with Crippen LogP contribution in [-0.2, 0) is 0 Å². The number of hydrazine groups is 1. The minimum absolute atomic E-state index is 0.120. The van der Waals surface area contributed by atoms with Gasteiger partial charge in [-0.15, -0.1) is 0 Å². The third-order valence-corrected chi connectivity index (χ3v) is 4.66. The van der Waals surface area contributed by atoms with Crippen molar-refractivity contribution in [3.63, 3.8) is 0 Å². The first-order chi connectivity index (χ1) is 13.6. The molecule has 0 amide bonds. The van der Waals surface area contributed by atoms with Crippen molar-refractivity contribution >= 4 is 33.9 Å². The molecule has 3 aromatic rings. The molecule has 28 heavy (non-hydrogen) atoms. The zero-order chi connectivity index (χ0) is 19.5. The molecule has 3 heterocycles. The van der Waals surface area contributed by atoms with Crippen LogP contribution >= 0.6 is 0 Å². The lowest BCUT2D eigenvalue weighted by Gasteiger charge is -2.32. The van der Waals surface area contributed by atoms with Crippen molar-refractivity contribution in [1.29, 1.82) is 0 Å². The van der Waals surface area contributed by atoms with Gasteiger partial charge in [-0.2, -0.15) is 0 Å². The fraction of sp³-hybridized carbons (Fsp3) is 0.278. The minimum Gasteiger partial charge on any atom is -0.332 e. The van der Waals surface area contributed by atoms with Gasteiger partial charge in [-0.3, -0.25) is 20.5 Å². The van der Waals surface area contributed by atoms with E-state index >= 15 is 0 Å². The summed E-state index contributed by atoms with van der Waals surface area (Å²) in [4.78, 5) is 26.1. The third kappa shape index (κ3) is 3.68. The number of fused-ring (bicyclic) bond motifs is 1. The fourth-order valence-electron chi connectivity index (χ4n) is 3.13. The SMILES string of the molecule is CN1CCN(Nc2ncnc(Nc3cccc4cccnc34)c2[N+](=O)[O-])CC1. The van der Waals surface area contributed by atoms with Crippen molar-refractivity contribution in [3.8, 4) is 0 Å². The molecule has 1 aliphatic heterocycles. The number of para-hydroxylation sites is 1. The molecule has 0 radical (unpaired) electrons. The number of nitro groups is 1. The number of likely N-dealkylation sites (N-methyl/N-ethyl adjacent to an activating group) is 1. The molecule has 0 saturated carbocycles. The van der Waals surface area contributed by atoms with E-state index in [2.05, 4.69) is 30.6 Å². The molecule has 10 nitrogen and oxygen atoms in total. The van der Waals surface area contributed by atoms with Crippen molar-refractivity contribution in [2.24, 2.45) is 0 Å². The van der Waals surface area contributed by atoms with Gasteiger partial charge in [0.05, 0.1) is 16.1 Å². The van der Waals surface area contributed by atoms with Crippen LogP contribution in [0.25, 0.3) is 10.9 Å². The summed E-state index contributed by atoms with van der Waals surface area (Å²) in [5.41, 5.74) is 4.23. The molecule has 10 heteroatoms. The summed E-state index contributed by atoms with van der Waals surface area (Å²) in [5.74, 6) is 0.287. The van der Waals surface area contributed by atoms with Crippen LogP contribution in [0.5, 0.6) is 0 Å². The van der Waals surface area contributed by atoms with Crippen molar-refractivity contribution < 1.29 is 4.92 Å². The topological polar surface area (TPSA) is 112 Å². The largest absolute Gasteiger partial charge is 0.354 e. The smallest absolute Gasteiger partial charge is 0.332 e. The molecule has 1 aliphatic rings. The predicted octanol–water partition coefficient (Wildman–Crippen LogP) is 2.25. The van der Waals surface area contributed by atoms with E-state index in [-0.39, 0.29) is 17.3 Å². The summed E-state index contributed by atoms with van der Waals surface area (Å²) in [6.45, 7) is 3.23. The highest BCUT2D eigenvalue weighted by molar-refractivity contribution is 5.92. The summed E-state index contributed by atoms with van der Waals surface area (Å²) in [7, 11) is 2.05. The Morgan fingerprint density at radius 3 is 2.57 bits per heavy atom. The third-order valence-electron chi connectivity index (χ3n) is 4.66. The van der Waals surface area contributed by atoms with Gasteiger partial charge in [-0.25, -0.2) is 15.0 Å². The van der Waals surface area contributed by atoms with Crippen LogP contribution in [-0.4, -0.2) is 63.0 Å². The number of nitrogens with zero attached hydrogens (tertiary/aromatic N) is 6. The number of piperazine rings is 1. The Balaban J connectivity index is 1.66. The van der Waals surface area contributed by atoms with Gasteiger partial charge in [0, 0.05) is 37.8 Å². The summed E-state index contributed by atoms with van der Waals surface area (Å²) >= 11 is 0. The normalized spacial score (nSPS) is 15.5. The lowest BCUT2D eigenvalue weighted by Crippen LogP contribution is -2.47. The van der Waals surface area contributed by atoms with E-state index in [0.29, 0.717) is 11.2 Å². The van der Waals surface area contributed by atoms with Gasteiger partial charge in [0.15, 0.2) is 0 Å². The van der Waals surface area contributed by atoms with Gasteiger partial charge >= 0.3 is 5.69 Å². The zero-order valence-electron chi connectivity index (χ0n) is 15.4.